The summed E-state index contributed by atoms with van der Waals surface area (Å²) in [7, 11) is 0. The van der Waals surface area contributed by atoms with Crippen molar-refractivity contribution in [3.8, 4) is 5.75 Å². The molecule has 3 fully saturated rings. The third-order valence-electron chi connectivity index (χ3n) is 15.2. The molecule has 0 aliphatic carbocycles. The molecule has 8 aromatic rings. The van der Waals surface area contributed by atoms with E-state index >= 15 is 0 Å². The van der Waals surface area contributed by atoms with E-state index in [0.717, 1.165) is 6.42 Å². The van der Waals surface area contributed by atoms with Crippen LogP contribution in [0.4, 0.5) is 29.5 Å². The molecule has 0 amide bonds. The minimum Gasteiger partial charge on any atom is -0.462 e. The van der Waals surface area contributed by atoms with Crippen LogP contribution in [-0.2, 0) is 44.8 Å². The second-order valence-corrected chi connectivity index (χ2v) is 25.5. The fourth-order valence-corrected chi connectivity index (χ4v) is 13.0. The molecule has 1 unspecified atom stereocenters. The number of aromatic nitrogens is 12. The Morgan fingerprint density at radius 1 is 0.696 bits per heavy atom. The van der Waals surface area contributed by atoms with Crippen LogP contribution in [0.3, 0.4) is 0 Å². The molecule has 35 heteroatoms. The molecule has 0 saturated carbocycles. The van der Waals surface area contributed by atoms with Crippen molar-refractivity contribution in [3.63, 3.8) is 0 Å². The number of nitrogens with two attached hydrogens (primary N) is 5. The minimum atomic E-state index is -3.41. The summed E-state index contributed by atoms with van der Waals surface area (Å²) < 4.78 is 45.7. The van der Waals surface area contributed by atoms with Crippen LogP contribution in [0.15, 0.2) is 79.6 Å². The van der Waals surface area contributed by atoms with Gasteiger partial charge >= 0.3 is 18.6 Å². The highest BCUT2D eigenvalue weighted by Crippen LogP contribution is 2.49. The van der Waals surface area contributed by atoms with Crippen molar-refractivity contribution in [2.75, 3.05) is 41.9 Å². The standard InChI is InChI=1S/C23H32N7O7PS.C20H22ClN5O3.C11H16N6O4.3CH4/c1-12(2)35-20(32)13(3)29-38(39,37-14-8-6-5-7-9-14)34-10-15-17(31)23(4,33)21(36-15)30-11-26-16-18(24)27-22(25)28-19(16)30;1-4-13-11(2)20(3,29-17(27)12-8-6-5-7-9-12)18(28-13)26-10-23-14-15(21)24-19(22)25-16(14)26;1-11(20)6(19)4(2-18)21-9(11)17-3-14-5-7(12)15-10(13)16-8(5)17;;;/h5-9,11-13,15,17,21,31,33H,10H2,1-4H3,(H,29,39)(H4,24,25,27,28);5-11,13,18H,4H2,1-3H3,(H2,22,24,25);3-4,6,9,18-20H,2H2,1H3,(H4,12,13,15,16);3*1H4/t13-,15+,17+,21+,23+,38?;11-,13-,18-,20-;4-,6-,9-,11-;;;/m011.../s1. The van der Waals surface area contributed by atoms with Gasteiger partial charge in [0, 0.05) is 5.92 Å². The molecule has 0 bridgehead atoms. The van der Waals surface area contributed by atoms with Gasteiger partial charge in [-0.1, -0.05) is 84.1 Å². The molecule has 14 atom stereocenters. The van der Waals surface area contributed by atoms with E-state index in [0.29, 0.717) is 28.0 Å². The highest BCUT2D eigenvalue weighted by Gasteiger charge is 2.57. The first-order chi connectivity index (χ1) is 42.0. The van der Waals surface area contributed by atoms with Crippen LogP contribution in [0.25, 0.3) is 33.5 Å². The van der Waals surface area contributed by atoms with E-state index in [1.165, 1.54) is 35.6 Å². The predicted octanol–water partition coefficient (Wildman–Crippen LogP) is 4.77. The zero-order valence-corrected chi connectivity index (χ0v) is 51.8. The van der Waals surface area contributed by atoms with Crippen molar-refractivity contribution in [3.05, 3.63) is 90.4 Å². The van der Waals surface area contributed by atoms with Crippen LogP contribution < -0.4 is 38.3 Å². The average Bonchev–Trinajstić information content (AvgIpc) is 1.60. The zero-order valence-electron chi connectivity index (χ0n) is 49.4. The van der Waals surface area contributed by atoms with Gasteiger partial charge in [0.15, 0.2) is 58.0 Å². The number of para-hydroxylation sites is 1. The number of aliphatic hydroxyl groups is 5. The quantitative estimate of drug-likeness (QED) is 0.0352. The zero-order chi connectivity index (χ0) is 64.7. The van der Waals surface area contributed by atoms with Crippen molar-refractivity contribution in [2.45, 2.75) is 162 Å². The normalized spacial score (nSPS) is 26.7. The maximum Gasteiger partial charge on any atom is 0.338 e. The average molecular weight is 1340 g/mol. The number of halogens is 1. The number of ether oxygens (including phenoxy) is 5. The lowest BCUT2D eigenvalue weighted by atomic mass is 9.86. The molecule has 3 aliphatic heterocycles. The van der Waals surface area contributed by atoms with E-state index in [4.69, 9.17) is 84.8 Å². The number of nitrogen functional groups attached to an aromatic ring is 5. The Balaban J connectivity index is 0.000000225. The van der Waals surface area contributed by atoms with Gasteiger partial charge in [0.2, 0.25) is 17.8 Å². The number of benzene rings is 2. The Bertz CT molecular complexity index is 3890. The minimum absolute atomic E-state index is 0. The molecule has 0 radical (unpaired) electrons. The Hall–Kier alpha value is -7.63. The number of carbonyl (C=O) groups is 2. The van der Waals surface area contributed by atoms with Crippen LogP contribution >= 0.6 is 18.2 Å². The van der Waals surface area contributed by atoms with Gasteiger partial charge in [-0.15, -0.1) is 0 Å². The second kappa shape index (κ2) is 29.1. The topological polar surface area (TPSA) is 473 Å². The molecular formula is C57H82ClN18O14PS. The number of aliphatic hydroxyl groups excluding tert-OH is 3. The van der Waals surface area contributed by atoms with Gasteiger partial charge in [0.25, 0.3) is 0 Å². The van der Waals surface area contributed by atoms with E-state index < -0.39 is 91.1 Å². The summed E-state index contributed by atoms with van der Waals surface area (Å²) in [4.78, 5) is 62.0. The molecule has 92 heavy (non-hydrogen) atoms. The Morgan fingerprint density at radius 2 is 1.14 bits per heavy atom. The van der Waals surface area contributed by atoms with E-state index in [1.807, 2.05) is 32.9 Å². The van der Waals surface area contributed by atoms with Gasteiger partial charge in [-0.3, -0.25) is 18.5 Å². The first-order valence-electron chi connectivity index (χ1n) is 27.8. The highest BCUT2D eigenvalue weighted by molar-refractivity contribution is 8.09. The summed E-state index contributed by atoms with van der Waals surface area (Å²) in [5, 5.41) is 55.0. The molecule has 3 aliphatic rings. The summed E-state index contributed by atoms with van der Waals surface area (Å²) in [5.74, 6) is -0.544. The molecule has 11 rings (SSSR count). The Kier molecular flexibility index (Phi) is 23.2. The van der Waals surface area contributed by atoms with E-state index in [-0.39, 0.29) is 98.5 Å². The van der Waals surface area contributed by atoms with Gasteiger partial charge in [0.1, 0.15) is 64.0 Å². The van der Waals surface area contributed by atoms with Crippen molar-refractivity contribution < 1.29 is 67.9 Å². The number of carbonyl (C=O) groups excluding carboxylic acids is 2. The largest absolute Gasteiger partial charge is 0.462 e. The summed E-state index contributed by atoms with van der Waals surface area (Å²) >= 11 is 11.9. The predicted molar refractivity (Wildman–Crippen MR) is 346 cm³/mol. The second-order valence-electron chi connectivity index (χ2n) is 22.1. The molecule has 0 spiro atoms. The number of hydrogen-bond donors (Lipinski definition) is 11. The molecule has 32 nitrogen and oxygen atoms in total. The molecule has 16 N–H and O–H groups in total. The third kappa shape index (κ3) is 14.7. The molecule has 9 heterocycles. The fraction of sp³-hybridized carbons (Fsp3) is 0.491. The Labute approximate surface area is 540 Å². The van der Waals surface area contributed by atoms with Crippen LogP contribution in [-0.4, -0.2) is 169 Å². The van der Waals surface area contributed by atoms with Crippen molar-refractivity contribution in [2.24, 2.45) is 5.92 Å². The van der Waals surface area contributed by atoms with E-state index in [1.54, 1.807) is 80.2 Å². The molecule has 2 aromatic carbocycles. The smallest absolute Gasteiger partial charge is 0.338 e. The lowest BCUT2D eigenvalue weighted by Gasteiger charge is -2.33. The number of nitrogens with zero attached hydrogens (tertiary/aromatic N) is 12. The SMILES string of the molecule is C.C.C.CC(C)OC(=O)[C@H](C)NP(=S)(OC[C@H]1O[C@@H](n2cnc3c(N)nc(N)nc32)[C@](C)(O)[C@@H]1O)Oc1ccccc1.CC[C@H]1O[C@@H](n2cnc3c(Cl)nc(N)nc32)[C@](C)(OC(=O)c2ccccc2)[C@@H]1C.C[C@@]1(O)[C@H](O)[C@@H](CO)O[C@H]1n1cnc2c(N)nc(N)nc21. The maximum absolute atomic E-state index is 12.9. The number of imidazole rings is 3. The van der Waals surface area contributed by atoms with Gasteiger partial charge in [0.05, 0.1) is 50.0 Å². The van der Waals surface area contributed by atoms with Crippen LogP contribution in [0.2, 0.25) is 5.15 Å². The fourth-order valence-electron chi connectivity index (χ4n) is 10.4. The van der Waals surface area contributed by atoms with Crippen LogP contribution in [0, 0.1) is 5.92 Å². The van der Waals surface area contributed by atoms with E-state index in [2.05, 4.69) is 49.9 Å². The van der Waals surface area contributed by atoms with Crippen molar-refractivity contribution >= 4 is 105 Å². The molecule has 3 saturated heterocycles. The van der Waals surface area contributed by atoms with Gasteiger partial charge in [-0.05, 0) is 84.0 Å². The highest BCUT2D eigenvalue weighted by atomic mass is 35.5. The third-order valence-corrected chi connectivity index (χ3v) is 18.0. The number of rotatable bonds is 16. The number of fused-ring (bicyclic) bond motifs is 3. The summed E-state index contributed by atoms with van der Waals surface area (Å²) in [5.41, 5.74) is 26.7. The van der Waals surface area contributed by atoms with Gasteiger partial charge in [-0.25, -0.2) is 24.8 Å². The van der Waals surface area contributed by atoms with Gasteiger partial charge in [-0.2, -0.15) is 29.9 Å². The lowest BCUT2D eigenvalue weighted by molar-refractivity contribution is -0.149. The Morgan fingerprint density at radius 3 is 1.63 bits per heavy atom. The van der Waals surface area contributed by atoms with Crippen LogP contribution in [0.5, 0.6) is 5.75 Å². The number of hydrogen-bond acceptors (Lipinski definition) is 29. The van der Waals surface area contributed by atoms with Crippen molar-refractivity contribution in [1.82, 2.24) is 63.6 Å². The summed E-state index contributed by atoms with van der Waals surface area (Å²) in [6.45, 7) is 9.64. The maximum atomic E-state index is 12.9. The first-order valence-corrected chi connectivity index (χ1v) is 30.8. The number of anilines is 5. The number of esters is 2. The van der Waals surface area contributed by atoms with Crippen molar-refractivity contribution in [1.29, 1.82) is 0 Å². The molecule has 6 aromatic heterocycles. The first kappa shape index (κ1) is 73.4. The lowest BCUT2D eigenvalue weighted by Crippen LogP contribution is -2.44. The molecule has 502 valence electrons. The monoisotopic (exact) mass is 1340 g/mol. The molecular weight excluding hydrogens is 1260 g/mol. The summed E-state index contributed by atoms with van der Waals surface area (Å²) in [6.07, 6.45) is -2.82. The van der Waals surface area contributed by atoms with E-state index in [9.17, 15) is 35.1 Å². The summed E-state index contributed by atoms with van der Waals surface area (Å²) in [6, 6.07) is 16.7. The van der Waals surface area contributed by atoms with Crippen LogP contribution in [0.1, 0.15) is 113 Å². The number of nitrogens with one attached hydrogen (secondary N) is 1. The van der Waals surface area contributed by atoms with Gasteiger partial charge < -0.3 is 86.9 Å².